The van der Waals surface area contributed by atoms with Gasteiger partial charge in [0.05, 0.1) is 0 Å². The third-order valence-electron chi connectivity index (χ3n) is 5.64. The number of fused-ring (bicyclic) bond motifs is 1. The Hall–Kier alpha value is -2.85. The van der Waals surface area contributed by atoms with E-state index in [0.29, 0.717) is 30.8 Å². The number of rotatable bonds is 8. The van der Waals surface area contributed by atoms with Crippen molar-refractivity contribution in [1.29, 1.82) is 0 Å². The Bertz CT molecular complexity index is 1100. The highest BCUT2D eigenvalue weighted by molar-refractivity contribution is 6.30. The first kappa shape index (κ1) is 24.8. The summed E-state index contributed by atoms with van der Waals surface area (Å²) in [6.45, 7) is 8.15. The van der Waals surface area contributed by atoms with Crippen molar-refractivity contribution >= 4 is 34.2 Å². The third-order valence-corrected chi connectivity index (χ3v) is 5.89. The molecule has 0 bridgehead atoms. The fourth-order valence-corrected chi connectivity index (χ4v) is 4.18. The van der Waals surface area contributed by atoms with Gasteiger partial charge in [0.1, 0.15) is 6.04 Å². The van der Waals surface area contributed by atoms with Gasteiger partial charge in [-0.25, -0.2) is 0 Å². The second kappa shape index (κ2) is 10.8. The first-order valence-electron chi connectivity index (χ1n) is 11.5. The number of carbonyl (C=O) groups excluding carboxylic acids is 2. The molecular formula is C28H33ClN2O2. The second-order valence-electron chi connectivity index (χ2n) is 9.45. The Morgan fingerprint density at radius 3 is 2.30 bits per heavy atom. The molecule has 0 saturated carbocycles. The van der Waals surface area contributed by atoms with Crippen LogP contribution in [0.25, 0.3) is 10.8 Å². The summed E-state index contributed by atoms with van der Waals surface area (Å²) in [4.78, 5) is 28.3. The van der Waals surface area contributed by atoms with Crippen molar-refractivity contribution in [2.75, 3.05) is 0 Å². The zero-order valence-corrected chi connectivity index (χ0v) is 20.7. The molecule has 3 aromatic carbocycles. The minimum absolute atomic E-state index is 0.0335. The molecule has 0 heterocycles. The summed E-state index contributed by atoms with van der Waals surface area (Å²) >= 11 is 6.04. The monoisotopic (exact) mass is 464 g/mol. The van der Waals surface area contributed by atoms with Gasteiger partial charge in [-0.05, 0) is 67.6 Å². The van der Waals surface area contributed by atoms with E-state index in [1.54, 1.807) is 4.90 Å². The molecule has 4 nitrogen and oxygen atoms in total. The normalized spacial score (nSPS) is 12.4. The summed E-state index contributed by atoms with van der Waals surface area (Å²) in [5.74, 6) is -0.161. The van der Waals surface area contributed by atoms with Gasteiger partial charge in [0, 0.05) is 23.5 Å². The maximum Gasteiger partial charge on any atom is 0.243 e. The number of benzene rings is 3. The topological polar surface area (TPSA) is 49.4 Å². The lowest BCUT2D eigenvalue weighted by Crippen LogP contribution is -2.53. The average Bonchev–Trinajstić information content (AvgIpc) is 2.77. The number of nitrogens with zero attached hydrogens (tertiary/aromatic N) is 1. The van der Waals surface area contributed by atoms with Crippen LogP contribution in [0, 0.1) is 0 Å². The van der Waals surface area contributed by atoms with Crippen molar-refractivity contribution in [2.24, 2.45) is 0 Å². The molecule has 174 valence electrons. The molecule has 2 amide bonds. The zero-order valence-electron chi connectivity index (χ0n) is 19.9. The van der Waals surface area contributed by atoms with Gasteiger partial charge in [0.2, 0.25) is 11.8 Å². The van der Waals surface area contributed by atoms with Crippen molar-refractivity contribution in [2.45, 2.75) is 65.1 Å². The first-order chi connectivity index (χ1) is 15.7. The lowest BCUT2D eigenvalue weighted by Gasteiger charge is -2.33. The predicted octanol–water partition coefficient (Wildman–Crippen LogP) is 6.15. The van der Waals surface area contributed by atoms with Crippen molar-refractivity contribution in [1.82, 2.24) is 10.2 Å². The van der Waals surface area contributed by atoms with Crippen LogP contribution < -0.4 is 5.32 Å². The predicted molar refractivity (Wildman–Crippen MR) is 136 cm³/mol. The Labute approximate surface area is 201 Å². The molecule has 0 fully saturated rings. The lowest BCUT2D eigenvalue weighted by molar-refractivity contribution is -0.142. The van der Waals surface area contributed by atoms with Gasteiger partial charge in [-0.2, -0.15) is 0 Å². The molecule has 3 aromatic rings. The standard InChI is InChI=1S/C28H33ClN2O2/c1-5-25(27(33)30-28(2,3)4)31(19-20-13-16-23(29)17-14-20)26(32)18-15-22-11-8-10-21-9-6-7-12-24(21)22/h6-14,16-17,25H,5,15,18-19H2,1-4H3,(H,30,33). The van der Waals surface area contributed by atoms with Crippen molar-refractivity contribution in [3.63, 3.8) is 0 Å². The molecule has 0 aliphatic carbocycles. The summed E-state index contributed by atoms with van der Waals surface area (Å²) in [6, 6.07) is 21.3. The quantitative estimate of drug-likeness (QED) is 0.434. The van der Waals surface area contributed by atoms with E-state index in [1.807, 2.05) is 70.2 Å². The van der Waals surface area contributed by atoms with Crippen molar-refractivity contribution < 1.29 is 9.59 Å². The SMILES string of the molecule is CCC(C(=O)NC(C)(C)C)N(Cc1ccc(Cl)cc1)C(=O)CCc1cccc2ccccc12. The van der Waals surface area contributed by atoms with Crippen LogP contribution in [0.15, 0.2) is 66.7 Å². The number of hydrogen-bond acceptors (Lipinski definition) is 2. The molecule has 1 N–H and O–H groups in total. The molecule has 0 aliphatic rings. The van der Waals surface area contributed by atoms with E-state index >= 15 is 0 Å². The van der Waals surface area contributed by atoms with Crippen LogP contribution in [0.1, 0.15) is 51.7 Å². The maximum atomic E-state index is 13.5. The van der Waals surface area contributed by atoms with Crippen LogP contribution in [-0.4, -0.2) is 28.3 Å². The molecular weight excluding hydrogens is 432 g/mol. The molecule has 3 rings (SSSR count). The van der Waals surface area contributed by atoms with Gasteiger partial charge in [0.25, 0.3) is 0 Å². The smallest absolute Gasteiger partial charge is 0.243 e. The van der Waals surface area contributed by atoms with E-state index in [4.69, 9.17) is 11.6 Å². The number of aryl methyl sites for hydroxylation is 1. The largest absolute Gasteiger partial charge is 0.350 e. The highest BCUT2D eigenvalue weighted by Crippen LogP contribution is 2.22. The van der Waals surface area contributed by atoms with Crippen LogP contribution in [-0.2, 0) is 22.6 Å². The summed E-state index contributed by atoms with van der Waals surface area (Å²) in [5.41, 5.74) is 1.71. The van der Waals surface area contributed by atoms with Gasteiger partial charge in [-0.1, -0.05) is 73.1 Å². The average molecular weight is 465 g/mol. The van der Waals surface area contributed by atoms with Crippen LogP contribution in [0.4, 0.5) is 0 Å². The van der Waals surface area contributed by atoms with E-state index in [9.17, 15) is 9.59 Å². The molecule has 0 aromatic heterocycles. The number of carbonyl (C=O) groups is 2. The molecule has 33 heavy (non-hydrogen) atoms. The molecule has 1 atom stereocenters. The Kier molecular flexibility index (Phi) is 8.15. The zero-order chi connectivity index (χ0) is 24.0. The molecule has 1 unspecified atom stereocenters. The highest BCUT2D eigenvalue weighted by Gasteiger charge is 2.30. The van der Waals surface area contributed by atoms with Crippen molar-refractivity contribution in [3.8, 4) is 0 Å². The van der Waals surface area contributed by atoms with E-state index in [0.717, 1.165) is 21.9 Å². The summed E-state index contributed by atoms with van der Waals surface area (Å²) in [7, 11) is 0. The summed E-state index contributed by atoms with van der Waals surface area (Å²) in [5, 5.41) is 6.01. The fourth-order valence-electron chi connectivity index (χ4n) is 4.05. The number of halogens is 1. The van der Waals surface area contributed by atoms with E-state index in [2.05, 4.69) is 29.6 Å². The molecule has 0 spiro atoms. The summed E-state index contributed by atoms with van der Waals surface area (Å²) < 4.78 is 0. The lowest BCUT2D eigenvalue weighted by atomic mass is 10.00. The van der Waals surface area contributed by atoms with Crippen molar-refractivity contribution in [3.05, 3.63) is 82.9 Å². The molecule has 5 heteroatoms. The number of amides is 2. The molecule has 0 radical (unpaired) electrons. The minimum Gasteiger partial charge on any atom is -0.350 e. The van der Waals surface area contributed by atoms with Crippen LogP contribution in [0.2, 0.25) is 5.02 Å². The highest BCUT2D eigenvalue weighted by atomic mass is 35.5. The fraction of sp³-hybridized carbons (Fsp3) is 0.357. The van der Waals surface area contributed by atoms with E-state index < -0.39 is 6.04 Å². The van der Waals surface area contributed by atoms with Crippen LogP contribution in [0.5, 0.6) is 0 Å². The first-order valence-corrected chi connectivity index (χ1v) is 11.9. The third kappa shape index (κ3) is 6.82. The van der Waals surface area contributed by atoms with Gasteiger partial charge < -0.3 is 10.2 Å². The van der Waals surface area contributed by atoms with E-state index in [-0.39, 0.29) is 17.4 Å². The Morgan fingerprint density at radius 1 is 0.970 bits per heavy atom. The van der Waals surface area contributed by atoms with Gasteiger partial charge >= 0.3 is 0 Å². The number of nitrogens with one attached hydrogen (secondary N) is 1. The molecule has 0 saturated heterocycles. The maximum absolute atomic E-state index is 13.5. The van der Waals surface area contributed by atoms with Gasteiger partial charge in [-0.15, -0.1) is 0 Å². The van der Waals surface area contributed by atoms with E-state index in [1.165, 1.54) is 0 Å². The minimum atomic E-state index is -0.542. The van der Waals surface area contributed by atoms with Crippen LogP contribution in [0.3, 0.4) is 0 Å². The summed E-state index contributed by atoms with van der Waals surface area (Å²) in [6.07, 6.45) is 1.49. The Balaban J connectivity index is 1.84. The van der Waals surface area contributed by atoms with Gasteiger partial charge in [0.15, 0.2) is 0 Å². The van der Waals surface area contributed by atoms with Gasteiger partial charge in [-0.3, -0.25) is 9.59 Å². The number of hydrogen-bond donors (Lipinski definition) is 1. The second-order valence-corrected chi connectivity index (χ2v) is 9.89. The Morgan fingerprint density at radius 2 is 1.64 bits per heavy atom. The van der Waals surface area contributed by atoms with Crippen LogP contribution >= 0.6 is 11.6 Å². The molecule has 0 aliphatic heterocycles.